The molecule has 0 aromatic heterocycles. The lowest BCUT2D eigenvalue weighted by Crippen LogP contribution is -2.13. The quantitative estimate of drug-likeness (QED) is 0.311. The fourth-order valence-corrected chi connectivity index (χ4v) is 3.81. The summed E-state index contributed by atoms with van der Waals surface area (Å²) < 4.78 is 5.70. The predicted molar refractivity (Wildman–Crippen MR) is 145 cm³/mol. The van der Waals surface area contributed by atoms with Gasteiger partial charge in [-0.3, -0.25) is 4.99 Å². The lowest BCUT2D eigenvalue weighted by atomic mass is 9.94. The van der Waals surface area contributed by atoms with Gasteiger partial charge in [-0.1, -0.05) is 82.3 Å². The summed E-state index contributed by atoms with van der Waals surface area (Å²) >= 11 is 0. The third-order valence-electron chi connectivity index (χ3n) is 6.23. The Morgan fingerprint density at radius 3 is 2.18 bits per heavy atom. The Hall–Kier alpha value is -3.33. The van der Waals surface area contributed by atoms with Crippen LogP contribution in [-0.4, -0.2) is 17.4 Å². The van der Waals surface area contributed by atoms with Crippen LogP contribution in [0.3, 0.4) is 0 Å². The minimum Gasteiger partial charge on any atom is -0.507 e. The van der Waals surface area contributed by atoms with E-state index in [4.69, 9.17) is 9.73 Å². The Balaban J connectivity index is 2.05. The number of allylic oxidation sites excluding steroid dienone is 1. The van der Waals surface area contributed by atoms with Crippen molar-refractivity contribution in [1.82, 2.24) is 0 Å². The molecule has 3 aromatic carbocycles. The van der Waals surface area contributed by atoms with Crippen LogP contribution in [0.1, 0.15) is 65.0 Å². The number of phenols is 1. The third kappa shape index (κ3) is 6.17. The van der Waals surface area contributed by atoms with Gasteiger partial charge in [0.15, 0.2) is 0 Å². The molecule has 3 aromatic rings. The molecule has 0 radical (unpaired) electrons. The number of nitrogens with zero attached hydrogens (tertiary/aromatic N) is 1. The standard InChI is InChI=1S/C31H37NO2/c1-6-20-34-27-18-19-28(29(33)21-27)31(23(5)8-3)32-30(22(4)7-2)26-16-14-25(15-17-26)24-12-10-9-11-13-24/h9-19,21,23,33H,6-8,20H2,1-5H3/b30-22+,32-31?. The maximum absolute atomic E-state index is 10.9. The van der Waals surface area contributed by atoms with Crippen molar-refractivity contribution in [3.63, 3.8) is 0 Å². The van der Waals surface area contributed by atoms with E-state index in [9.17, 15) is 5.11 Å². The van der Waals surface area contributed by atoms with Crippen LogP contribution in [0.2, 0.25) is 0 Å². The maximum atomic E-state index is 10.9. The van der Waals surface area contributed by atoms with Crippen LogP contribution < -0.4 is 4.74 Å². The van der Waals surface area contributed by atoms with Gasteiger partial charge in [0.1, 0.15) is 11.5 Å². The number of aliphatic imine (C=N–C) groups is 1. The molecule has 0 aliphatic heterocycles. The fourth-order valence-electron chi connectivity index (χ4n) is 3.81. The van der Waals surface area contributed by atoms with Crippen LogP contribution in [-0.2, 0) is 0 Å². The summed E-state index contributed by atoms with van der Waals surface area (Å²) in [4.78, 5) is 5.21. The zero-order valence-electron chi connectivity index (χ0n) is 21.1. The van der Waals surface area contributed by atoms with E-state index in [1.165, 1.54) is 16.7 Å². The second kappa shape index (κ2) is 12.2. The SMILES string of the molecule is CCCOc1ccc(C(=N/C(=C(\C)CC)c2ccc(-c3ccccc3)cc2)C(C)CC)c(O)c1. The molecular weight excluding hydrogens is 418 g/mol. The highest BCUT2D eigenvalue weighted by Crippen LogP contribution is 2.31. The van der Waals surface area contributed by atoms with E-state index in [1.807, 2.05) is 18.2 Å². The molecule has 178 valence electrons. The van der Waals surface area contributed by atoms with E-state index in [1.54, 1.807) is 6.07 Å². The zero-order valence-corrected chi connectivity index (χ0v) is 21.1. The lowest BCUT2D eigenvalue weighted by molar-refractivity contribution is 0.315. The summed E-state index contributed by atoms with van der Waals surface area (Å²) in [5, 5.41) is 10.9. The zero-order chi connectivity index (χ0) is 24.5. The first-order valence-electron chi connectivity index (χ1n) is 12.4. The van der Waals surface area contributed by atoms with Crippen molar-refractivity contribution in [2.24, 2.45) is 10.9 Å². The van der Waals surface area contributed by atoms with Gasteiger partial charge >= 0.3 is 0 Å². The number of hydrogen-bond donors (Lipinski definition) is 1. The maximum Gasteiger partial charge on any atom is 0.128 e. The molecule has 0 aliphatic rings. The number of aromatic hydroxyl groups is 1. The van der Waals surface area contributed by atoms with E-state index >= 15 is 0 Å². The highest BCUT2D eigenvalue weighted by atomic mass is 16.5. The van der Waals surface area contributed by atoms with E-state index in [0.29, 0.717) is 12.4 Å². The Labute approximate surface area is 204 Å². The second-order valence-electron chi connectivity index (χ2n) is 8.76. The minimum absolute atomic E-state index is 0.191. The Bertz CT molecular complexity index is 1130. The van der Waals surface area contributed by atoms with Crippen LogP contribution in [0, 0.1) is 5.92 Å². The van der Waals surface area contributed by atoms with Crippen LogP contribution in [0.25, 0.3) is 16.8 Å². The number of phenolic OH excluding ortho intramolecular Hbond substituents is 1. The van der Waals surface area contributed by atoms with Gasteiger partial charge in [0.05, 0.1) is 18.0 Å². The average Bonchev–Trinajstić information content (AvgIpc) is 2.88. The first-order chi connectivity index (χ1) is 16.5. The van der Waals surface area contributed by atoms with Crippen molar-refractivity contribution in [2.75, 3.05) is 6.61 Å². The molecule has 0 bridgehead atoms. The third-order valence-corrected chi connectivity index (χ3v) is 6.23. The predicted octanol–water partition coefficient (Wildman–Crippen LogP) is 8.52. The molecule has 0 heterocycles. The normalized spacial score (nSPS) is 13.4. The number of ether oxygens (including phenoxy) is 1. The highest BCUT2D eigenvalue weighted by molar-refractivity contribution is 6.07. The van der Waals surface area contributed by atoms with Crippen molar-refractivity contribution < 1.29 is 9.84 Å². The summed E-state index contributed by atoms with van der Waals surface area (Å²) in [5.41, 5.74) is 7.33. The molecule has 1 N–H and O–H groups in total. The van der Waals surface area contributed by atoms with Gasteiger partial charge in [-0.05, 0) is 60.9 Å². The highest BCUT2D eigenvalue weighted by Gasteiger charge is 2.18. The summed E-state index contributed by atoms with van der Waals surface area (Å²) in [6.45, 7) is 11.3. The lowest BCUT2D eigenvalue weighted by Gasteiger charge is -2.18. The van der Waals surface area contributed by atoms with Gasteiger partial charge in [-0.2, -0.15) is 0 Å². The molecule has 0 fully saturated rings. The summed E-state index contributed by atoms with van der Waals surface area (Å²) in [7, 11) is 0. The van der Waals surface area contributed by atoms with E-state index in [2.05, 4.69) is 83.1 Å². The van der Waals surface area contributed by atoms with Crippen LogP contribution in [0.5, 0.6) is 11.5 Å². The number of hydrogen-bond acceptors (Lipinski definition) is 3. The molecule has 1 unspecified atom stereocenters. The van der Waals surface area contributed by atoms with Crippen molar-refractivity contribution >= 4 is 11.4 Å². The smallest absolute Gasteiger partial charge is 0.128 e. The van der Waals surface area contributed by atoms with E-state index < -0.39 is 0 Å². The molecule has 0 aliphatic carbocycles. The monoisotopic (exact) mass is 455 g/mol. The van der Waals surface area contributed by atoms with Gasteiger partial charge in [-0.25, -0.2) is 0 Å². The van der Waals surface area contributed by atoms with E-state index in [-0.39, 0.29) is 11.7 Å². The van der Waals surface area contributed by atoms with Crippen molar-refractivity contribution in [3.05, 3.63) is 89.5 Å². The van der Waals surface area contributed by atoms with Gasteiger partial charge in [0.25, 0.3) is 0 Å². The van der Waals surface area contributed by atoms with Gasteiger partial charge in [-0.15, -0.1) is 0 Å². The Morgan fingerprint density at radius 1 is 0.912 bits per heavy atom. The molecule has 0 saturated heterocycles. The van der Waals surface area contributed by atoms with Crippen molar-refractivity contribution in [2.45, 2.75) is 53.9 Å². The number of rotatable bonds is 10. The molecule has 3 heteroatoms. The largest absolute Gasteiger partial charge is 0.507 e. The van der Waals surface area contributed by atoms with Crippen LogP contribution >= 0.6 is 0 Å². The summed E-state index contributed by atoms with van der Waals surface area (Å²) in [5.74, 6) is 1.08. The van der Waals surface area contributed by atoms with Gasteiger partial charge in [0, 0.05) is 17.2 Å². The van der Waals surface area contributed by atoms with Gasteiger partial charge < -0.3 is 9.84 Å². The fraction of sp³-hybridized carbons (Fsp3) is 0.323. The van der Waals surface area contributed by atoms with Crippen LogP contribution in [0.4, 0.5) is 0 Å². The summed E-state index contributed by atoms with van der Waals surface area (Å²) in [6.07, 6.45) is 2.76. The molecule has 34 heavy (non-hydrogen) atoms. The molecular formula is C31H37NO2. The number of benzene rings is 3. The molecule has 0 spiro atoms. The molecule has 3 nitrogen and oxygen atoms in total. The second-order valence-corrected chi connectivity index (χ2v) is 8.76. The Kier molecular flexibility index (Phi) is 9.09. The first kappa shape index (κ1) is 25.3. The average molecular weight is 456 g/mol. The first-order valence-corrected chi connectivity index (χ1v) is 12.4. The van der Waals surface area contributed by atoms with Crippen molar-refractivity contribution in [3.8, 4) is 22.6 Å². The van der Waals surface area contributed by atoms with Crippen LogP contribution in [0.15, 0.2) is 83.4 Å². The molecule has 3 rings (SSSR count). The summed E-state index contributed by atoms with van der Waals surface area (Å²) in [6, 6.07) is 24.6. The minimum atomic E-state index is 0.191. The molecule has 0 amide bonds. The van der Waals surface area contributed by atoms with Crippen molar-refractivity contribution in [1.29, 1.82) is 0 Å². The van der Waals surface area contributed by atoms with Gasteiger partial charge in [0.2, 0.25) is 0 Å². The molecule has 0 saturated carbocycles. The Morgan fingerprint density at radius 2 is 1.59 bits per heavy atom. The topological polar surface area (TPSA) is 41.8 Å². The molecule has 1 atom stereocenters. The van der Waals surface area contributed by atoms with E-state index in [0.717, 1.165) is 41.8 Å².